The standard InChI is InChI=1S/C27H27Cl2N3O4S/c28-25-14-23(15-26(29)27(25)30)36-17-22(33)16-31-12-11-18-5-8-21(9-6-18)32-37(34,35)24-10-7-19-3-1-2-4-20(19)13-24/h1-10,13-15,22,31-33H,11-12,16-17,30H2/t22-/m0/s1. The summed E-state index contributed by atoms with van der Waals surface area (Å²) in [5.74, 6) is 0.430. The van der Waals surface area contributed by atoms with Crippen LogP contribution in [0.15, 0.2) is 83.8 Å². The van der Waals surface area contributed by atoms with Crippen LogP contribution < -0.4 is 20.5 Å². The van der Waals surface area contributed by atoms with Crippen LogP contribution in [0.3, 0.4) is 0 Å². The lowest BCUT2D eigenvalue weighted by Crippen LogP contribution is -2.32. The molecule has 37 heavy (non-hydrogen) atoms. The van der Waals surface area contributed by atoms with E-state index in [-0.39, 0.29) is 17.2 Å². The Morgan fingerprint density at radius 2 is 1.59 bits per heavy atom. The third-order valence-electron chi connectivity index (χ3n) is 5.70. The fourth-order valence-corrected chi connectivity index (χ4v) is 5.25. The highest BCUT2D eigenvalue weighted by Crippen LogP contribution is 2.32. The number of hydrogen-bond donors (Lipinski definition) is 4. The molecule has 0 aliphatic heterocycles. The number of aliphatic hydroxyl groups excluding tert-OH is 1. The minimum atomic E-state index is -3.70. The van der Waals surface area contributed by atoms with Crippen LogP contribution in [0, 0.1) is 0 Å². The van der Waals surface area contributed by atoms with E-state index in [2.05, 4.69) is 10.0 Å². The second-order valence-electron chi connectivity index (χ2n) is 8.53. The van der Waals surface area contributed by atoms with Gasteiger partial charge in [-0.3, -0.25) is 4.72 Å². The van der Waals surface area contributed by atoms with Crippen molar-refractivity contribution >= 4 is 55.4 Å². The zero-order valence-electron chi connectivity index (χ0n) is 19.8. The molecule has 0 spiro atoms. The van der Waals surface area contributed by atoms with E-state index in [0.717, 1.165) is 16.3 Å². The third-order valence-corrected chi connectivity index (χ3v) is 7.71. The number of nitrogens with one attached hydrogen (secondary N) is 2. The Labute approximate surface area is 226 Å². The van der Waals surface area contributed by atoms with E-state index in [4.69, 9.17) is 33.7 Å². The number of nitrogen functional groups attached to an aromatic ring is 1. The van der Waals surface area contributed by atoms with Gasteiger partial charge in [-0.1, -0.05) is 65.7 Å². The van der Waals surface area contributed by atoms with Gasteiger partial charge in [0.2, 0.25) is 0 Å². The molecule has 0 radical (unpaired) electrons. The van der Waals surface area contributed by atoms with Gasteiger partial charge in [0.1, 0.15) is 18.5 Å². The summed E-state index contributed by atoms with van der Waals surface area (Å²) < 4.78 is 33.8. The molecule has 0 saturated heterocycles. The number of fused-ring (bicyclic) bond motifs is 1. The molecular weight excluding hydrogens is 533 g/mol. The number of hydrogen-bond acceptors (Lipinski definition) is 6. The smallest absolute Gasteiger partial charge is 0.261 e. The molecule has 0 heterocycles. The predicted octanol–water partition coefficient (Wildman–Crippen LogP) is 5.10. The summed E-state index contributed by atoms with van der Waals surface area (Å²) in [7, 11) is -3.70. The highest BCUT2D eigenvalue weighted by atomic mass is 35.5. The maximum atomic E-state index is 12.8. The van der Waals surface area contributed by atoms with E-state index < -0.39 is 16.1 Å². The van der Waals surface area contributed by atoms with Crippen LogP contribution >= 0.6 is 23.2 Å². The molecule has 4 rings (SSSR count). The molecule has 5 N–H and O–H groups in total. The van der Waals surface area contributed by atoms with Gasteiger partial charge in [0.05, 0.1) is 20.6 Å². The SMILES string of the molecule is Nc1c(Cl)cc(OC[C@@H](O)CNCCc2ccc(NS(=O)(=O)c3ccc4ccccc4c3)cc2)cc1Cl. The van der Waals surface area contributed by atoms with Gasteiger partial charge in [0.15, 0.2) is 0 Å². The van der Waals surface area contributed by atoms with Crippen molar-refractivity contribution in [2.45, 2.75) is 17.4 Å². The van der Waals surface area contributed by atoms with Gasteiger partial charge in [-0.25, -0.2) is 8.42 Å². The van der Waals surface area contributed by atoms with Crippen molar-refractivity contribution < 1.29 is 18.3 Å². The summed E-state index contributed by atoms with van der Waals surface area (Å²) in [5.41, 5.74) is 7.50. The zero-order chi connectivity index (χ0) is 26.4. The first-order valence-electron chi connectivity index (χ1n) is 11.6. The first kappa shape index (κ1) is 27.0. The fourth-order valence-electron chi connectivity index (χ4n) is 3.69. The second kappa shape index (κ2) is 12.0. The monoisotopic (exact) mass is 559 g/mol. The van der Waals surface area contributed by atoms with E-state index in [1.165, 1.54) is 0 Å². The minimum absolute atomic E-state index is 0.0651. The van der Waals surface area contributed by atoms with Crippen molar-refractivity contribution in [1.82, 2.24) is 5.32 Å². The number of aliphatic hydroxyl groups is 1. The van der Waals surface area contributed by atoms with E-state index in [1.807, 2.05) is 36.4 Å². The zero-order valence-corrected chi connectivity index (χ0v) is 22.2. The number of nitrogens with two attached hydrogens (primary N) is 1. The molecule has 0 fully saturated rings. The Morgan fingerprint density at radius 3 is 2.30 bits per heavy atom. The Morgan fingerprint density at radius 1 is 0.919 bits per heavy atom. The average molecular weight is 561 g/mol. The van der Waals surface area contributed by atoms with E-state index >= 15 is 0 Å². The lowest BCUT2D eigenvalue weighted by atomic mass is 10.1. The summed E-state index contributed by atoms with van der Waals surface area (Å²) >= 11 is 12.0. The van der Waals surface area contributed by atoms with Crippen molar-refractivity contribution in [2.24, 2.45) is 0 Å². The third kappa shape index (κ3) is 7.28. The van der Waals surface area contributed by atoms with Crippen LogP contribution in [0.4, 0.5) is 11.4 Å². The summed E-state index contributed by atoms with van der Waals surface area (Å²) in [6.07, 6.45) is -0.0314. The molecule has 194 valence electrons. The maximum absolute atomic E-state index is 12.8. The number of halogens is 2. The molecule has 4 aromatic rings. The summed E-state index contributed by atoms with van der Waals surface area (Å²) in [6, 6.07) is 23.0. The molecule has 0 saturated carbocycles. The van der Waals surface area contributed by atoms with Gasteiger partial charge in [-0.15, -0.1) is 0 Å². The van der Waals surface area contributed by atoms with Crippen molar-refractivity contribution in [2.75, 3.05) is 30.2 Å². The molecule has 0 aromatic heterocycles. The van der Waals surface area contributed by atoms with Gasteiger partial charge in [-0.2, -0.15) is 0 Å². The number of anilines is 2. The van der Waals surface area contributed by atoms with Crippen LogP contribution in [-0.4, -0.2) is 39.3 Å². The van der Waals surface area contributed by atoms with Gasteiger partial charge in [-0.05, 0) is 53.6 Å². The normalized spacial score (nSPS) is 12.4. The summed E-state index contributed by atoms with van der Waals surface area (Å²) in [4.78, 5) is 0.213. The van der Waals surface area contributed by atoms with E-state index in [1.54, 1.807) is 42.5 Å². The number of rotatable bonds is 11. The lowest BCUT2D eigenvalue weighted by molar-refractivity contribution is 0.106. The maximum Gasteiger partial charge on any atom is 0.261 e. The Bertz CT molecular complexity index is 1460. The van der Waals surface area contributed by atoms with Crippen molar-refractivity contribution in [3.05, 3.63) is 94.5 Å². The Balaban J connectivity index is 1.22. The molecule has 0 unspecified atom stereocenters. The van der Waals surface area contributed by atoms with E-state index in [9.17, 15) is 13.5 Å². The molecule has 0 amide bonds. The van der Waals surface area contributed by atoms with Gasteiger partial charge in [0, 0.05) is 24.4 Å². The number of sulfonamides is 1. The van der Waals surface area contributed by atoms with Crippen molar-refractivity contribution in [1.29, 1.82) is 0 Å². The highest BCUT2D eigenvalue weighted by Gasteiger charge is 2.15. The molecule has 10 heteroatoms. The summed E-state index contributed by atoms with van der Waals surface area (Å²) in [6.45, 7) is 1.02. The van der Waals surface area contributed by atoms with Crippen LogP contribution in [0.5, 0.6) is 5.75 Å². The second-order valence-corrected chi connectivity index (χ2v) is 11.0. The predicted molar refractivity (Wildman–Crippen MR) is 150 cm³/mol. The van der Waals surface area contributed by atoms with Gasteiger partial charge in [0.25, 0.3) is 10.0 Å². The quantitative estimate of drug-likeness (QED) is 0.150. The van der Waals surface area contributed by atoms with Crippen LogP contribution in [0.25, 0.3) is 10.8 Å². The van der Waals surface area contributed by atoms with Crippen molar-refractivity contribution in [3.8, 4) is 5.75 Å². The van der Waals surface area contributed by atoms with Crippen LogP contribution in [0.2, 0.25) is 10.0 Å². The van der Waals surface area contributed by atoms with Crippen LogP contribution in [0.1, 0.15) is 5.56 Å². The average Bonchev–Trinajstić information content (AvgIpc) is 2.89. The largest absolute Gasteiger partial charge is 0.491 e. The fraction of sp³-hybridized carbons (Fsp3) is 0.185. The number of ether oxygens (including phenoxy) is 1. The Hall–Kier alpha value is -3.01. The van der Waals surface area contributed by atoms with Gasteiger partial charge < -0.3 is 20.9 Å². The van der Waals surface area contributed by atoms with Crippen LogP contribution in [-0.2, 0) is 16.4 Å². The molecule has 7 nitrogen and oxygen atoms in total. The first-order valence-corrected chi connectivity index (χ1v) is 13.8. The Kier molecular flexibility index (Phi) is 8.79. The minimum Gasteiger partial charge on any atom is -0.491 e. The molecular formula is C27H27Cl2N3O4S. The van der Waals surface area contributed by atoms with Crippen molar-refractivity contribution in [3.63, 3.8) is 0 Å². The molecule has 0 aliphatic rings. The molecule has 1 atom stereocenters. The van der Waals surface area contributed by atoms with E-state index in [0.29, 0.717) is 41.0 Å². The van der Waals surface area contributed by atoms with Gasteiger partial charge >= 0.3 is 0 Å². The number of benzene rings is 4. The molecule has 0 aliphatic carbocycles. The topological polar surface area (TPSA) is 114 Å². The first-order chi connectivity index (χ1) is 17.7. The highest BCUT2D eigenvalue weighted by molar-refractivity contribution is 7.92. The lowest BCUT2D eigenvalue weighted by Gasteiger charge is -2.14. The molecule has 4 aromatic carbocycles. The molecule has 0 bridgehead atoms. The summed E-state index contributed by atoms with van der Waals surface area (Å²) in [5, 5.41) is 15.8.